The number of nitrogens with one attached hydrogen (secondary N) is 1. The van der Waals surface area contributed by atoms with E-state index in [1.54, 1.807) is 23.9 Å². The van der Waals surface area contributed by atoms with E-state index < -0.39 is 0 Å². The first-order valence-electron chi connectivity index (χ1n) is 4.22. The molecular formula is C9H11N3OS. The molecule has 1 atom stereocenters. The smallest absolute Gasteiger partial charge is 0.0954 e. The molecule has 0 spiro atoms. The number of aryl methyl sites for hydroxylation is 1. The molecule has 0 saturated heterocycles. The molecule has 0 aliphatic heterocycles. The number of hydrogen-bond acceptors (Lipinski definition) is 5. The Kier molecular flexibility index (Phi) is 2.62. The van der Waals surface area contributed by atoms with E-state index in [4.69, 9.17) is 10.3 Å². The van der Waals surface area contributed by atoms with Gasteiger partial charge in [0.25, 0.3) is 0 Å². The highest BCUT2D eigenvalue weighted by Gasteiger charge is 2.15. The summed E-state index contributed by atoms with van der Waals surface area (Å²) < 4.78 is 5.01. The Bertz CT molecular complexity index is 396. The molecule has 0 radical (unpaired) electrons. The quantitative estimate of drug-likeness (QED) is 0.595. The lowest BCUT2D eigenvalue weighted by Crippen LogP contribution is -2.27. The molecule has 2 aromatic heterocycles. The molecule has 0 fully saturated rings. The van der Waals surface area contributed by atoms with E-state index in [9.17, 15) is 0 Å². The number of thiazole rings is 1. The minimum Gasteiger partial charge on any atom is -0.472 e. The minimum absolute atomic E-state index is 0.0278. The number of furan rings is 1. The zero-order chi connectivity index (χ0) is 9.97. The van der Waals surface area contributed by atoms with Gasteiger partial charge in [-0.1, -0.05) is 0 Å². The second kappa shape index (κ2) is 3.91. The summed E-state index contributed by atoms with van der Waals surface area (Å²) in [6, 6.07) is 1.86. The lowest BCUT2D eigenvalue weighted by molar-refractivity contribution is 0.554. The van der Waals surface area contributed by atoms with Crippen molar-refractivity contribution in [3.63, 3.8) is 0 Å². The Morgan fingerprint density at radius 2 is 2.50 bits per heavy atom. The predicted octanol–water partition coefficient (Wildman–Crippen LogP) is 1.60. The standard InChI is InChI=1S/C9H11N3OS/c1-6-11-4-8(14-6)9(12-10)7-2-3-13-5-7/h2-5,9,12H,10H2,1H3. The molecule has 0 amide bonds. The van der Waals surface area contributed by atoms with Crippen molar-refractivity contribution in [2.45, 2.75) is 13.0 Å². The molecule has 2 aromatic rings. The minimum atomic E-state index is -0.0278. The Labute approximate surface area is 85.7 Å². The Morgan fingerprint density at radius 3 is 3.00 bits per heavy atom. The molecular weight excluding hydrogens is 198 g/mol. The topological polar surface area (TPSA) is 64.1 Å². The van der Waals surface area contributed by atoms with Crippen molar-refractivity contribution in [2.24, 2.45) is 5.84 Å². The van der Waals surface area contributed by atoms with Crippen molar-refractivity contribution in [1.29, 1.82) is 0 Å². The van der Waals surface area contributed by atoms with Gasteiger partial charge >= 0.3 is 0 Å². The van der Waals surface area contributed by atoms with E-state index in [2.05, 4.69) is 10.4 Å². The molecule has 0 aromatic carbocycles. The predicted molar refractivity (Wildman–Crippen MR) is 54.7 cm³/mol. The maximum absolute atomic E-state index is 5.49. The molecule has 2 rings (SSSR count). The van der Waals surface area contributed by atoms with E-state index in [0.717, 1.165) is 15.4 Å². The van der Waals surface area contributed by atoms with Gasteiger partial charge in [0.15, 0.2) is 0 Å². The molecule has 4 nitrogen and oxygen atoms in total. The van der Waals surface area contributed by atoms with Crippen LogP contribution in [0.3, 0.4) is 0 Å². The highest BCUT2D eigenvalue weighted by atomic mass is 32.1. The number of hydrazine groups is 1. The fourth-order valence-electron chi connectivity index (χ4n) is 1.29. The summed E-state index contributed by atoms with van der Waals surface area (Å²) in [5, 5.41) is 1.03. The number of hydrogen-bond donors (Lipinski definition) is 2. The SMILES string of the molecule is Cc1ncc(C(NN)c2ccoc2)s1. The number of nitrogens with zero attached hydrogens (tertiary/aromatic N) is 1. The molecule has 74 valence electrons. The van der Waals surface area contributed by atoms with Crippen LogP contribution in [0.2, 0.25) is 0 Å². The van der Waals surface area contributed by atoms with E-state index in [0.29, 0.717) is 0 Å². The zero-order valence-electron chi connectivity index (χ0n) is 7.73. The first kappa shape index (κ1) is 9.39. The van der Waals surface area contributed by atoms with E-state index in [1.165, 1.54) is 0 Å². The second-order valence-electron chi connectivity index (χ2n) is 2.94. The first-order chi connectivity index (χ1) is 6.81. The summed E-state index contributed by atoms with van der Waals surface area (Å²) in [4.78, 5) is 5.28. The Balaban J connectivity index is 2.31. The summed E-state index contributed by atoms with van der Waals surface area (Å²) in [5.41, 5.74) is 3.75. The third-order valence-corrected chi connectivity index (χ3v) is 2.94. The van der Waals surface area contributed by atoms with Gasteiger partial charge in [-0.15, -0.1) is 11.3 Å². The summed E-state index contributed by atoms with van der Waals surface area (Å²) in [7, 11) is 0. The Morgan fingerprint density at radius 1 is 1.64 bits per heavy atom. The fraction of sp³-hybridized carbons (Fsp3) is 0.222. The Hall–Kier alpha value is -1.17. The average Bonchev–Trinajstić information content (AvgIpc) is 2.79. The van der Waals surface area contributed by atoms with Crippen LogP contribution in [0, 0.1) is 6.92 Å². The molecule has 3 N–H and O–H groups in total. The number of nitrogens with two attached hydrogens (primary N) is 1. The van der Waals surface area contributed by atoms with Crippen LogP contribution in [0.5, 0.6) is 0 Å². The highest BCUT2D eigenvalue weighted by molar-refractivity contribution is 7.11. The molecule has 5 heteroatoms. The van der Waals surface area contributed by atoms with E-state index >= 15 is 0 Å². The van der Waals surface area contributed by atoms with Crippen molar-refractivity contribution in [3.8, 4) is 0 Å². The van der Waals surface area contributed by atoms with Crippen molar-refractivity contribution >= 4 is 11.3 Å². The van der Waals surface area contributed by atoms with Crippen LogP contribution in [0.4, 0.5) is 0 Å². The molecule has 14 heavy (non-hydrogen) atoms. The summed E-state index contributed by atoms with van der Waals surface area (Å²) in [6.45, 7) is 1.97. The van der Waals surface area contributed by atoms with Gasteiger partial charge in [-0.25, -0.2) is 10.4 Å². The van der Waals surface area contributed by atoms with Crippen LogP contribution in [0.25, 0.3) is 0 Å². The second-order valence-corrected chi connectivity index (χ2v) is 4.20. The van der Waals surface area contributed by atoms with Crippen LogP contribution < -0.4 is 11.3 Å². The van der Waals surface area contributed by atoms with Gasteiger partial charge in [-0.05, 0) is 13.0 Å². The number of aromatic nitrogens is 1. The van der Waals surface area contributed by atoms with Gasteiger partial charge in [0, 0.05) is 16.6 Å². The normalized spacial score (nSPS) is 13.0. The maximum Gasteiger partial charge on any atom is 0.0954 e. The zero-order valence-corrected chi connectivity index (χ0v) is 8.54. The van der Waals surface area contributed by atoms with Gasteiger partial charge in [0.05, 0.1) is 23.6 Å². The van der Waals surface area contributed by atoms with Crippen LogP contribution in [0.15, 0.2) is 29.2 Å². The van der Waals surface area contributed by atoms with Crippen LogP contribution in [-0.2, 0) is 0 Å². The van der Waals surface area contributed by atoms with Crippen LogP contribution >= 0.6 is 11.3 Å². The van der Waals surface area contributed by atoms with Crippen molar-refractivity contribution < 1.29 is 4.42 Å². The fourth-order valence-corrected chi connectivity index (χ4v) is 2.17. The van der Waals surface area contributed by atoms with E-state index in [-0.39, 0.29) is 6.04 Å². The molecule has 0 aliphatic rings. The summed E-state index contributed by atoms with van der Waals surface area (Å²) in [5.74, 6) is 5.49. The van der Waals surface area contributed by atoms with Gasteiger partial charge in [0.1, 0.15) is 0 Å². The van der Waals surface area contributed by atoms with Gasteiger partial charge in [-0.3, -0.25) is 5.84 Å². The molecule has 0 bridgehead atoms. The van der Waals surface area contributed by atoms with Crippen molar-refractivity contribution in [3.05, 3.63) is 40.2 Å². The van der Waals surface area contributed by atoms with Crippen LogP contribution in [-0.4, -0.2) is 4.98 Å². The van der Waals surface area contributed by atoms with Gasteiger partial charge in [0.2, 0.25) is 0 Å². The summed E-state index contributed by atoms with van der Waals surface area (Å²) >= 11 is 1.62. The monoisotopic (exact) mass is 209 g/mol. The van der Waals surface area contributed by atoms with Gasteiger partial charge in [-0.2, -0.15) is 0 Å². The third kappa shape index (κ3) is 1.70. The summed E-state index contributed by atoms with van der Waals surface area (Å²) in [6.07, 6.45) is 5.14. The van der Waals surface area contributed by atoms with Crippen LogP contribution in [0.1, 0.15) is 21.5 Å². The molecule has 1 unspecified atom stereocenters. The third-order valence-electron chi connectivity index (χ3n) is 1.97. The molecule has 2 heterocycles. The highest BCUT2D eigenvalue weighted by Crippen LogP contribution is 2.26. The largest absolute Gasteiger partial charge is 0.472 e. The lowest BCUT2D eigenvalue weighted by atomic mass is 10.1. The lowest BCUT2D eigenvalue weighted by Gasteiger charge is -2.10. The number of rotatable bonds is 3. The van der Waals surface area contributed by atoms with Crippen molar-refractivity contribution in [1.82, 2.24) is 10.4 Å². The van der Waals surface area contributed by atoms with Crippen molar-refractivity contribution in [2.75, 3.05) is 0 Å². The maximum atomic E-state index is 5.49. The molecule has 0 saturated carbocycles. The van der Waals surface area contributed by atoms with E-state index in [1.807, 2.05) is 19.2 Å². The first-order valence-corrected chi connectivity index (χ1v) is 5.03. The van der Waals surface area contributed by atoms with Gasteiger partial charge < -0.3 is 4.42 Å². The molecule has 0 aliphatic carbocycles. The average molecular weight is 209 g/mol.